The Morgan fingerprint density at radius 3 is 2.81 bits per heavy atom. The van der Waals surface area contributed by atoms with Crippen LogP contribution in [0.4, 0.5) is 0 Å². The molecule has 3 heterocycles. The second kappa shape index (κ2) is 6.95. The molecule has 0 aliphatic carbocycles. The molecule has 1 N–H and O–H groups in total. The number of nitrogens with one attached hydrogen (secondary N) is 1. The molecule has 0 bridgehead atoms. The highest BCUT2D eigenvalue weighted by Crippen LogP contribution is 2.31. The summed E-state index contributed by atoms with van der Waals surface area (Å²) in [6.45, 7) is 4.20. The SMILES string of the molecule is CNC(=O)c1ccc(CN(C)C(=O)c2c3c(nn2C)[C@H](C)O[C@H](C)C3)o1. The van der Waals surface area contributed by atoms with Crippen LogP contribution in [0.15, 0.2) is 16.5 Å². The minimum absolute atomic E-state index is 0.0405. The predicted octanol–water partition coefficient (Wildman–Crippen LogP) is 1.67. The molecule has 0 aromatic carbocycles. The van der Waals surface area contributed by atoms with Crippen molar-refractivity contribution >= 4 is 11.8 Å². The van der Waals surface area contributed by atoms with E-state index >= 15 is 0 Å². The molecule has 8 nitrogen and oxygen atoms in total. The summed E-state index contributed by atoms with van der Waals surface area (Å²) in [6, 6.07) is 3.30. The number of nitrogens with zero attached hydrogens (tertiary/aromatic N) is 3. The first-order chi connectivity index (χ1) is 12.3. The van der Waals surface area contributed by atoms with Gasteiger partial charge < -0.3 is 19.4 Å². The Hall–Kier alpha value is -2.61. The number of hydrogen-bond acceptors (Lipinski definition) is 5. The number of rotatable bonds is 4. The standard InChI is InChI=1S/C18H24N4O4/c1-10-8-13-15(11(2)25-10)20-22(5)16(13)18(24)21(4)9-12-6-7-14(26-12)17(23)19-3/h6-7,10-11H,8-9H2,1-5H3,(H,19,23)/t10-,11+/m1/s1. The van der Waals surface area contributed by atoms with Gasteiger partial charge in [0.2, 0.25) is 0 Å². The van der Waals surface area contributed by atoms with Gasteiger partial charge in [-0.15, -0.1) is 0 Å². The van der Waals surface area contributed by atoms with Gasteiger partial charge in [0.1, 0.15) is 11.5 Å². The van der Waals surface area contributed by atoms with E-state index in [0.717, 1.165) is 11.3 Å². The summed E-state index contributed by atoms with van der Waals surface area (Å²) in [5.41, 5.74) is 2.34. The van der Waals surface area contributed by atoms with Crippen LogP contribution in [0.1, 0.15) is 58.0 Å². The number of amides is 2. The molecule has 1 aliphatic heterocycles. The third-order valence-corrected chi connectivity index (χ3v) is 4.54. The van der Waals surface area contributed by atoms with Crippen molar-refractivity contribution < 1.29 is 18.7 Å². The van der Waals surface area contributed by atoms with Gasteiger partial charge in [0.25, 0.3) is 11.8 Å². The van der Waals surface area contributed by atoms with Crippen molar-refractivity contribution in [3.8, 4) is 0 Å². The molecule has 0 saturated heterocycles. The van der Waals surface area contributed by atoms with Crippen molar-refractivity contribution in [3.63, 3.8) is 0 Å². The van der Waals surface area contributed by atoms with E-state index in [1.54, 1.807) is 35.8 Å². The van der Waals surface area contributed by atoms with Crippen molar-refractivity contribution in [3.05, 3.63) is 40.6 Å². The molecule has 2 aromatic heterocycles. The zero-order valence-electron chi connectivity index (χ0n) is 15.7. The van der Waals surface area contributed by atoms with Gasteiger partial charge in [-0.1, -0.05) is 0 Å². The molecule has 0 saturated carbocycles. The minimum atomic E-state index is -0.297. The molecule has 2 amide bonds. The Balaban J connectivity index is 1.81. The molecule has 2 atom stereocenters. The van der Waals surface area contributed by atoms with Crippen LogP contribution in [-0.2, 0) is 24.8 Å². The molecule has 140 valence electrons. The maximum absolute atomic E-state index is 13.0. The maximum Gasteiger partial charge on any atom is 0.286 e. The fourth-order valence-electron chi connectivity index (χ4n) is 3.33. The second-order valence-electron chi connectivity index (χ2n) is 6.64. The second-order valence-corrected chi connectivity index (χ2v) is 6.64. The summed E-state index contributed by atoms with van der Waals surface area (Å²) >= 11 is 0. The first-order valence-corrected chi connectivity index (χ1v) is 8.59. The third-order valence-electron chi connectivity index (χ3n) is 4.54. The monoisotopic (exact) mass is 360 g/mol. The van der Waals surface area contributed by atoms with Crippen LogP contribution in [0.25, 0.3) is 0 Å². The lowest BCUT2D eigenvalue weighted by atomic mass is 9.99. The lowest BCUT2D eigenvalue weighted by molar-refractivity contribution is -0.00714. The van der Waals surface area contributed by atoms with Gasteiger partial charge in [-0.2, -0.15) is 5.10 Å². The van der Waals surface area contributed by atoms with Gasteiger partial charge in [-0.25, -0.2) is 0 Å². The Morgan fingerprint density at radius 1 is 1.38 bits per heavy atom. The van der Waals surface area contributed by atoms with Gasteiger partial charge >= 0.3 is 0 Å². The Kier molecular flexibility index (Phi) is 4.86. The topological polar surface area (TPSA) is 89.6 Å². The molecule has 8 heteroatoms. The van der Waals surface area contributed by atoms with Crippen molar-refractivity contribution in [2.75, 3.05) is 14.1 Å². The number of aromatic nitrogens is 2. The van der Waals surface area contributed by atoms with E-state index in [1.165, 1.54) is 7.05 Å². The summed E-state index contributed by atoms with van der Waals surface area (Å²) in [4.78, 5) is 26.2. The summed E-state index contributed by atoms with van der Waals surface area (Å²) in [7, 11) is 5.01. The molecule has 1 aliphatic rings. The van der Waals surface area contributed by atoms with Crippen LogP contribution in [0, 0.1) is 0 Å². The Labute approximate surface area is 152 Å². The fraction of sp³-hybridized carbons (Fsp3) is 0.500. The van der Waals surface area contributed by atoms with E-state index in [1.807, 2.05) is 13.8 Å². The molecule has 3 rings (SSSR count). The highest BCUT2D eigenvalue weighted by atomic mass is 16.5. The molecule has 2 aromatic rings. The van der Waals surface area contributed by atoms with Gasteiger partial charge in [-0.05, 0) is 26.0 Å². The van der Waals surface area contributed by atoms with E-state index < -0.39 is 0 Å². The number of furan rings is 1. The lowest BCUT2D eigenvalue weighted by Gasteiger charge is -2.25. The molecule has 0 spiro atoms. The maximum atomic E-state index is 13.0. The molecule has 0 radical (unpaired) electrons. The fourth-order valence-corrected chi connectivity index (χ4v) is 3.33. The zero-order chi connectivity index (χ0) is 19.0. The summed E-state index contributed by atoms with van der Waals surface area (Å²) in [6.07, 6.45) is 0.565. The van der Waals surface area contributed by atoms with Crippen LogP contribution >= 0.6 is 0 Å². The van der Waals surface area contributed by atoms with E-state index in [4.69, 9.17) is 9.15 Å². The third kappa shape index (κ3) is 3.24. The van der Waals surface area contributed by atoms with E-state index in [2.05, 4.69) is 10.4 Å². The van der Waals surface area contributed by atoms with Gasteiger partial charge in [-0.3, -0.25) is 14.3 Å². The van der Waals surface area contributed by atoms with Crippen LogP contribution in [-0.4, -0.2) is 46.7 Å². The summed E-state index contributed by atoms with van der Waals surface area (Å²) in [5.74, 6) is 0.330. The lowest BCUT2D eigenvalue weighted by Crippen LogP contribution is -2.30. The predicted molar refractivity (Wildman–Crippen MR) is 93.8 cm³/mol. The number of fused-ring (bicyclic) bond motifs is 1. The highest BCUT2D eigenvalue weighted by molar-refractivity contribution is 5.94. The normalized spacial score (nSPS) is 19.1. The number of aryl methyl sites for hydroxylation is 1. The Morgan fingerprint density at radius 2 is 2.12 bits per heavy atom. The van der Waals surface area contributed by atoms with Crippen LogP contribution in [0.5, 0.6) is 0 Å². The average Bonchev–Trinajstić information content (AvgIpc) is 3.18. The quantitative estimate of drug-likeness (QED) is 0.896. The van der Waals surface area contributed by atoms with Gasteiger partial charge in [0.15, 0.2) is 5.76 Å². The number of carbonyl (C=O) groups excluding carboxylic acids is 2. The van der Waals surface area contributed by atoms with E-state index in [9.17, 15) is 9.59 Å². The number of hydrogen-bond donors (Lipinski definition) is 1. The number of carbonyl (C=O) groups is 2. The first kappa shape index (κ1) is 18.2. The van der Waals surface area contributed by atoms with Gasteiger partial charge in [0.05, 0.1) is 24.4 Å². The van der Waals surface area contributed by atoms with Crippen LogP contribution < -0.4 is 5.32 Å². The summed E-state index contributed by atoms with van der Waals surface area (Å²) < 4.78 is 12.9. The van der Waals surface area contributed by atoms with Crippen molar-refractivity contribution in [1.29, 1.82) is 0 Å². The Bertz CT molecular complexity index is 838. The van der Waals surface area contributed by atoms with Crippen molar-refractivity contribution in [1.82, 2.24) is 20.0 Å². The van der Waals surface area contributed by atoms with Crippen LogP contribution in [0.2, 0.25) is 0 Å². The van der Waals surface area contributed by atoms with E-state index in [0.29, 0.717) is 17.9 Å². The number of ether oxygens (including phenoxy) is 1. The largest absolute Gasteiger partial charge is 0.454 e. The van der Waals surface area contributed by atoms with Crippen LogP contribution in [0.3, 0.4) is 0 Å². The molecule has 0 fully saturated rings. The summed E-state index contributed by atoms with van der Waals surface area (Å²) in [5, 5.41) is 6.99. The van der Waals surface area contributed by atoms with Crippen molar-refractivity contribution in [2.45, 2.75) is 39.0 Å². The van der Waals surface area contributed by atoms with Crippen molar-refractivity contribution in [2.24, 2.45) is 7.05 Å². The highest BCUT2D eigenvalue weighted by Gasteiger charge is 2.32. The minimum Gasteiger partial charge on any atom is -0.454 e. The van der Waals surface area contributed by atoms with E-state index in [-0.39, 0.29) is 36.3 Å². The molecule has 26 heavy (non-hydrogen) atoms. The molecular formula is C18H24N4O4. The average molecular weight is 360 g/mol. The zero-order valence-corrected chi connectivity index (χ0v) is 15.7. The molecular weight excluding hydrogens is 336 g/mol. The first-order valence-electron chi connectivity index (χ1n) is 8.59. The van der Waals surface area contributed by atoms with Gasteiger partial charge in [0, 0.05) is 33.1 Å². The smallest absolute Gasteiger partial charge is 0.286 e. The molecule has 0 unspecified atom stereocenters.